The van der Waals surface area contributed by atoms with Crippen molar-refractivity contribution in [2.45, 2.75) is 32.6 Å². The number of guanidine groups is 1. The molecule has 1 heterocycles. The summed E-state index contributed by atoms with van der Waals surface area (Å²) < 4.78 is 5.75. The lowest BCUT2D eigenvalue weighted by Crippen LogP contribution is -2.23. The number of rotatable bonds is 6. The molecule has 0 saturated carbocycles. The number of nitrogens with one attached hydrogen (secondary N) is 2. The van der Waals surface area contributed by atoms with Gasteiger partial charge in [-0.1, -0.05) is 26.0 Å². The van der Waals surface area contributed by atoms with E-state index in [-0.39, 0.29) is 5.91 Å². The number of hydrogen-bond acceptors (Lipinski definition) is 3. The number of benzene rings is 2. The van der Waals surface area contributed by atoms with Crippen molar-refractivity contribution >= 4 is 23.2 Å². The molecule has 6 nitrogen and oxygen atoms in total. The van der Waals surface area contributed by atoms with Gasteiger partial charge in [-0.25, -0.2) is 4.99 Å². The van der Waals surface area contributed by atoms with Crippen molar-refractivity contribution in [3.05, 3.63) is 53.6 Å². The number of ether oxygens (including phenoxy) is 1. The van der Waals surface area contributed by atoms with Gasteiger partial charge in [0.2, 0.25) is 5.91 Å². The zero-order valence-electron chi connectivity index (χ0n) is 15.8. The van der Waals surface area contributed by atoms with Gasteiger partial charge >= 0.3 is 0 Å². The van der Waals surface area contributed by atoms with Gasteiger partial charge in [-0.15, -0.1) is 0 Å². The highest BCUT2D eigenvalue weighted by atomic mass is 16.5. The van der Waals surface area contributed by atoms with Gasteiger partial charge in [0.1, 0.15) is 12.4 Å². The molecule has 1 amide bonds. The molecule has 1 aliphatic heterocycles. The van der Waals surface area contributed by atoms with Crippen LogP contribution in [0.2, 0.25) is 0 Å². The van der Waals surface area contributed by atoms with Crippen molar-refractivity contribution in [2.24, 2.45) is 10.7 Å². The van der Waals surface area contributed by atoms with Crippen molar-refractivity contribution in [1.29, 1.82) is 0 Å². The molecule has 3 rings (SSSR count). The molecule has 2 aromatic carbocycles. The van der Waals surface area contributed by atoms with Crippen LogP contribution in [0.15, 0.2) is 47.5 Å². The first kappa shape index (κ1) is 18.8. The maximum absolute atomic E-state index is 11.4. The highest BCUT2D eigenvalue weighted by Gasteiger charge is 2.14. The number of amides is 1. The lowest BCUT2D eigenvalue weighted by molar-refractivity contribution is -0.116. The molecule has 27 heavy (non-hydrogen) atoms. The maximum Gasteiger partial charge on any atom is 0.224 e. The van der Waals surface area contributed by atoms with E-state index >= 15 is 0 Å². The summed E-state index contributed by atoms with van der Waals surface area (Å²) in [4.78, 5) is 15.7. The van der Waals surface area contributed by atoms with Crippen molar-refractivity contribution in [3.8, 4) is 5.75 Å². The molecule has 0 atom stereocenters. The minimum atomic E-state index is 0.0624. The van der Waals surface area contributed by atoms with Crippen LogP contribution in [0, 0.1) is 0 Å². The Morgan fingerprint density at radius 3 is 2.93 bits per heavy atom. The summed E-state index contributed by atoms with van der Waals surface area (Å²) in [6.45, 7) is 5.20. The highest BCUT2D eigenvalue weighted by molar-refractivity contribution is 5.94. The molecule has 6 heteroatoms. The summed E-state index contributed by atoms with van der Waals surface area (Å²) in [7, 11) is 0. The quantitative estimate of drug-likeness (QED) is 0.415. The Labute approximate surface area is 159 Å². The second-order valence-electron chi connectivity index (χ2n) is 6.89. The van der Waals surface area contributed by atoms with Crippen LogP contribution in [0.5, 0.6) is 5.75 Å². The fraction of sp³-hybridized carbons (Fsp3) is 0.333. The number of fused-ring (bicyclic) bond motifs is 1. The summed E-state index contributed by atoms with van der Waals surface area (Å²) in [6, 6.07) is 13.9. The average molecular weight is 366 g/mol. The standard InChI is InChI=1S/C21H26N4O2/c1-14(2)15-4-3-5-17(12-15)24-21(22)23-10-11-27-18-7-8-19-16(13-18)6-9-20(26)25-19/h3-5,7-8,12-14H,6,9-11H2,1-2H3,(H,25,26)(H3,22,23,24). The number of carbonyl (C=O) groups excluding carboxylic acids is 1. The Hall–Kier alpha value is -3.02. The normalized spacial score (nSPS) is 13.9. The van der Waals surface area contributed by atoms with Gasteiger partial charge in [0, 0.05) is 17.8 Å². The highest BCUT2D eigenvalue weighted by Crippen LogP contribution is 2.26. The average Bonchev–Trinajstić information content (AvgIpc) is 2.65. The molecule has 4 N–H and O–H groups in total. The molecule has 0 fully saturated rings. The summed E-state index contributed by atoms with van der Waals surface area (Å²) in [5, 5.41) is 5.98. The molecule has 0 saturated heterocycles. The molecule has 0 unspecified atom stereocenters. The van der Waals surface area contributed by atoms with E-state index in [9.17, 15) is 4.79 Å². The third-order valence-electron chi connectivity index (χ3n) is 4.44. The van der Waals surface area contributed by atoms with E-state index in [0.717, 1.165) is 29.1 Å². The molecule has 0 radical (unpaired) electrons. The second-order valence-corrected chi connectivity index (χ2v) is 6.89. The summed E-state index contributed by atoms with van der Waals surface area (Å²) in [5.74, 6) is 1.67. The molecule has 0 spiro atoms. The minimum absolute atomic E-state index is 0.0624. The third-order valence-corrected chi connectivity index (χ3v) is 4.44. The topological polar surface area (TPSA) is 88.7 Å². The van der Waals surface area contributed by atoms with Gasteiger partial charge in [0.25, 0.3) is 0 Å². The van der Waals surface area contributed by atoms with E-state index < -0.39 is 0 Å². The fourth-order valence-corrected chi connectivity index (χ4v) is 2.94. The van der Waals surface area contributed by atoms with Crippen LogP contribution < -0.4 is 21.1 Å². The van der Waals surface area contributed by atoms with Crippen LogP contribution in [0.3, 0.4) is 0 Å². The molecule has 142 valence electrons. The van der Waals surface area contributed by atoms with Crippen molar-refractivity contribution in [1.82, 2.24) is 0 Å². The van der Waals surface area contributed by atoms with Gasteiger partial charge in [0.15, 0.2) is 5.96 Å². The Morgan fingerprint density at radius 1 is 1.26 bits per heavy atom. The van der Waals surface area contributed by atoms with E-state index in [1.807, 2.05) is 30.3 Å². The molecule has 1 aliphatic rings. The first-order valence-electron chi connectivity index (χ1n) is 9.24. The SMILES string of the molecule is CC(C)c1cccc(NC(N)=NCCOc2ccc3c(c2)CCC(=O)N3)c1. The van der Waals surface area contributed by atoms with E-state index in [4.69, 9.17) is 10.5 Å². The summed E-state index contributed by atoms with van der Waals surface area (Å²) in [6.07, 6.45) is 1.25. The third kappa shape index (κ3) is 5.23. The predicted molar refractivity (Wildman–Crippen MR) is 110 cm³/mol. The number of aliphatic imine (C=N–C) groups is 1. The van der Waals surface area contributed by atoms with Gasteiger partial charge in [-0.05, 0) is 53.8 Å². The number of nitrogens with zero attached hydrogens (tertiary/aromatic N) is 1. The van der Waals surface area contributed by atoms with Crippen LogP contribution in [0.4, 0.5) is 11.4 Å². The van der Waals surface area contributed by atoms with Gasteiger partial charge in [-0.2, -0.15) is 0 Å². The van der Waals surface area contributed by atoms with E-state index in [1.165, 1.54) is 5.56 Å². The van der Waals surface area contributed by atoms with Crippen molar-refractivity contribution in [3.63, 3.8) is 0 Å². The number of carbonyl (C=O) groups is 1. The monoisotopic (exact) mass is 366 g/mol. The fourth-order valence-electron chi connectivity index (χ4n) is 2.94. The molecular formula is C21H26N4O2. The van der Waals surface area contributed by atoms with Gasteiger partial charge < -0.3 is 21.1 Å². The molecular weight excluding hydrogens is 340 g/mol. The van der Waals surface area contributed by atoms with E-state index in [0.29, 0.717) is 31.4 Å². The zero-order valence-corrected chi connectivity index (χ0v) is 15.8. The molecule has 0 aliphatic carbocycles. The number of hydrogen-bond donors (Lipinski definition) is 3. The largest absolute Gasteiger partial charge is 0.492 e. The smallest absolute Gasteiger partial charge is 0.224 e. The van der Waals surface area contributed by atoms with Crippen LogP contribution in [-0.4, -0.2) is 25.0 Å². The van der Waals surface area contributed by atoms with Gasteiger partial charge in [-0.3, -0.25) is 4.79 Å². The van der Waals surface area contributed by atoms with Crippen LogP contribution in [0.1, 0.15) is 37.3 Å². The van der Waals surface area contributed by atoms with Crippen LogP contribution >= 0.6 is 0 Å². The number of aryl methyl sites for hydroxylation is 1. The lowest BCUT2D eigenvalue weighted by atomic mass is 10.0. The van der Waals surface area contributed by atoms with E-state index in [1.54, 1.807) is 0 Å². The molecule has 2 aromatic rings. The summed E-state index contributed by atoms with van der Waals surface area (Å²) >= 11 is 0. The predicted octanol–water partition coefficient (Wildman–Crippen LogP) is 3.50. The molecule has 0 bridgehead atoms. The van der Waals surface area contributed by atoms with Crippen LogP contribution in [0.25, 0.3) is 0 Å². The van der Waals surface area contributed by atoms with Crippen molar-refractivity contribution < 1.29 is 9.53 Å². The second kappa shape index (κ2) is 8.58. The Morgan fingerprint density at radius 2 is 2.11 bits per heavy atom. The van der Waals surface area contributed by atoms with Crippen LogP contribution in [-0.2, 0) is 11.2 Å². The Bertz CT molecular complexity index is 846. The van der Waals surface area contributed by atoms with Gasteiger partial charge in [0.05, 0.1) is 6.54 Å². The van der Waals surface area contributed by atoms with E-state index in [2.05, 4.69) is 41.6 Å². The molecule has 0 aromatic heterocycles. The minimum Gasteiger partial charge on any atom is -0.492 e. The first-order chi connectivity index (χ1) is 13.0. The number of nitrogens with two attached hydrogens (primary N) is 1. The first-order valence-corrected chi connectivity index (χ1v) is 9.24. The maximum atomic E-state index is 11.4. The Balaban J connectivity index is 1.49. The Kier molecular flexibility index (Phi) is 5.96. The lowest BCUT2D eigenvalue weighted by Gasteiger charge is -2.17. The zero-order chi connectivity index (χ0) is 19.2. The van der Waals surface area contributed by atoms with Crippen molar-refractivity contribution in [2.75, 3.05) is 23.8 Å². The number of anilines is 2. The summed E-state index contributed by atoms with van der Waals surface area (Å²) in [5.41, 5.74) is 10.1.